The van der Waals surface area contributed by atoms with E-state index in [0.29, 0.717) is 16.5 Å². The molecular weight excluding hydrogens is 346 g/mol. The van der Waals surface area contributed by atoms with E-state index >= 15 is 0 Å². The van der Waals surface area contributed by atoms with Crippen molar-refractivity contribution >= 4 is 17.8 Å². The van der Waals surface area contributed by atoms with Crippen molar-refractivity contribution in [2.75, 3.05) is 0 Å². The minimum atomic E-state index is -0.804. The highest BCUT2D eigenvalue weighted by Crippen LogP contribution is 2.25. The van der Waals surface area contributed by atoms with Gasteiger partial charge >= 0.3 is 5.97 Å². The minimum absolute atomic E-state index is 0.212. The van der Waals surface area contributed by atoms with E-state index < -0.39 is 17.8 Å². The third-order valence-electron chi connectivity index (χ3n) is 4.43. The molecule has 7 heteroatoms. The van der Waals surface area contributed by atoms with E-state index in [4.69, 9.17) is 4.84 Å². The van der Waals surface area contributed by atoms with Crippen LogP contribution in [0.5, 0.6) is 0 Å². The van der Waals surface area contributed by atoms with Gasteiger partial charge < -0.3 is 4.84 Å². The van der Waals surface area contributed by atoms with Crippen molar-refractivity contribution < 1.29 is 19.2 Å². The molecule has 2 amide bonds. The Hall–Kier alpha value is -3.74. The predicted octanol–water partition coefficient (Wildman–Crippen LogP) is 2.86. The van der Waals surface area contributed by atoms with Crippen molar-refractivity contribution in [3.63, 3.8) is 0 Å². The summed E-state index contributed by atoms with van der Waals surface area (Å²) in [6, 6.07) is 15.7. The van der Waals surface area contributed by atoms with Gasteiger partial charge in [0.2, 0.25) is 0 Å². The van der Waals surface area contributed by atoms with Crippen LogP contribution in [0.1, 0.15) is 42.5 Å². The number of carbonyl (C=O) groups is 3. The number of benzene rings is 2. The number of nitrogens with zero attached hydrogens (tertiary/aromatic N) is 3. The van der Waals surface area contributed by atoms with Gasteiger partial charge in [-0.15, -0.1) is 0 Å². The normalized spacial score (nSPS) is 13.0. The Balaban J connectivity index is 1.65. The van der Waals surface area contributed by atoms with E-state index in [9.17, 15) is 14.4 Å². The third-order valence-corrected chi connectivity index (χ3v) is 4.43. The number of imide groups is 1. The highest BCUT2D eigenvalue weighted by atomic mass is 16.7. The molecular formula is C20H15N3O4. The fraction of sp³-hybridized carbons (Fsp3) is 0.100. The predicted molar refractivity (Wildman–Crippen MR) is 95.4 cm³/mol. The number of hydroxylamine groups is 2. The Morgan fingerprint density at radius 1 is 0.889 bits per heavy atom. The molecule has 0 N–H and O–H groups in total. The second kappa shape index (κ2) is 6.21. The molecule has 0 radical (unpaired) electrons. The molecule has 0 saturated heterocycles. The van der Waals surface area contributed by atoms with Gasteiger partial charge in [-0.2, -0.15) is 5.10 Å². The molecule has 2 heterocycles. The first kappa shape index (κ1) is 16.7. The lowest BCUT2D eigenvalue weighted by atomic mass is 10.1. The highest BCUT2D eigenvalue weighted by Gasteiger charge is 2.39. The Bertz CT molecular complexity index is 1050. The average Bonchev–Trinajstić information content (AvgIpc) is 3.11. The lowest BCUT2D eigenvalue weighted by Gasteiger charge is -2.13. The zero-order chi connectivity index (χ0) is 19.1. The molecule has 0 atom stereocenters. The minimum Gasteiger partial charge on any atom is -0.324 e. The average molecular weight is 361 g/mol. The van der Waals surface area contributed by atoms with Gasteiger partial charge in [-0.1, -0.05) is 35.4 Å². The summed E-state index contributed by atoms with van der Waals surface area (Å²) in [5.74, 6) is -2.12. The van der Waals surface area contributed by atoms with Crippen molar-refractivity contribution in [1.82, 2.24) is 14.8 Å². The maximum absolute atomic E-state index is 12.7. The summed E-state index contributed by atoms with van der Waals surface area (Å²) in [6.45, 7) is 3.40. The summed E-state index contributed by atoms with van der Waals surface area (Å²) < 4.78 is 1.62. The lowest BCUT2D eigenvalue weighted by Crippen LogP contribution is -2.33. The standard InChI is InChI=1S/C20H15N3O4/c1-12-17(13(2)22(21-12)14-8-4-3-5-9-14)20(26)27-23-18(24)15-10-6-7-11-16(15)19(23)25/h3-11H,1-2H3. The second-order valence-electron chi connectivity index (χ2n) is 6.12. The van der Waals surface area contributed by atoms with Crippen LogP contribution in [0.3, 0.4) is 0 Å². The topological polar surface area (TPSA) is 81.5 Å². The summed E-state index contributed by atoms with van der Waals surface area (Å²) in [4.78, 5) is 42.6. The van der Waals surface area contributed by atoms with Crippen LogP contribution >= 0.6 is 0 Å². The Morgan fingerprint density at radius 2 is 1.44 bits per heavy atom. The number of amides is 2. The molecule has 27 heavy (non-hydrogen) atoms. The van der Waals surface area contributed by atoms with E-state index in [-0.39, 0.29) is 16.7 Å². The fourth-order valence-electron chi connectivity index (χ4n) is 3.14. The summed E-state index contributed by atoms with van der Waals surface area (Å²) in [7, 11) is 0. The molecule has 1 aliphatic heterocycles. The first-order chi connectivity index (χ1) is 13.0. The second-order valence-corrected chi connectivity index (χ2v) is 6.12. The van der Waals surface area contributed by atoms with Crippen molar-refractivity contribution in [2.45, 2.75) is 13.8 Å². The quantitative estimate of drug-likeness (QED) is 0.670. The number of carbonyl (C=O) groups excluding carboxylic acids is 3. The summed E-state index contributed by atoms with van der Waals surface area (Å²) in [5, 5.41) is 4.89. The van der Waals surface area contributed by atoms with E-state index in [2.05, 4.69) is 5.10 Å². The maximum atomic E-state index is 12.7. The van der Waals surface area contributed by atoms with E-state index in [0.717, 1.165) is 5.69 Å². The number of rotatable bonds is 3. The lowest BCUT2D eigenvalue weighted by molar-refractivity contribution is -0.0585. The molecule has 0 bridgehead atoms. The van der Waals surface area contributed by atoms with E-state index in [1.54, 1.807) is 30.7 Å². The summed E-state index contributed by atoms with van der Waals surface area (Å²) in [5.41, 5.74) is 2.43. The van der Waals surface area contributed by atoms with Crippen LogP contribution in [0.4, 0.5) is 0 Å². The molecule has 134 valence electrons. The molecule has 3 aromatic rings. The molecule has 1 aliphatic rings. The van der Waals surface area contributed by atoms with Crippen LogP contribution in [0, 0.1) is 13.8 Å². The zero-order valence-electron chi connectivity index (χ0n) is 14.7. The Labute approximate surface area is 154 Å². The monoisotopic (exact) mass is 361 g/mol. The number of aryl methyl sites for hydroxylation is 1. The highest BCUT2D eigenvalue weighted by molar-refractivity contribution is 6.21. The molecule has 0 unspecified atom stereocenters. The molecule has 1 aromatic heterocycles. The number of fused-ring (bicyclic) bond motifs is 1. The Morgan fingerprint density at radius 3 is 2.04 bits per heavy atom. The molecule has 7 nitrogen and oxygen atoms in total. The molecule has 0 spiro atoms. The third kappa shape index (κ3) is 2.60. The van der Waals surface area contributed by atoms with Crippen LogP contribution in [0.25, 0.3) is 5.69 Å². The van der Waals surface area contributed by atoms with Crippen molar-refractivity contribution in [3.05, 3.63) is 82.7 Å². The van der Waals surface area contributed by atoms with Gasteiger partial charge in [0.25, 0.3) is 11.8 Å². The van der Waals surface area contributed by atoms with Crippen LogP contribution < -0.4 is 0 Å². The largest absolute Gasteiger partial charge is 0.367 e. The van der Waals surface area contributed by atoms with Crippen LogP contribution in [0.2, 0.25) is 0 Å². The van der Waals surface area contributed by atoms with Crippen LogP contribution in [-0.4, -0.2) is 32.6 Å². The number of para-hydroxylation sites is 1. The molecule has 0 saturated carbocycles. The molecule has 4 rings (SSSR count). The van der Waals surface area contributed by atoms with Crippen molar-refractivity contribution in [2.24, 2.45) is 0 Å². The summed E-state index contributed by atoms with van der Waals surface area (Å²) >= 11 is 0. The van der Waals surface area contributed by atoms with Gasteiger partial charge in [-0.25, -0.2) is 9.48 Å². The van der Waals surface area contributed by atoms with Gasteiger partial charge in [-0.3, -0.25) is 9.59 Å². The van der Waals surface area contributed by atoms with Crippen LogP contribution in [-0.2, 0) is 4.84 Å². The van der Waals surface area contributed by atoms with Crippen molar-refractivity contribution in [3.8, 4) is 5.69 Å². The molecule has 0 aliphatic carbocycles. The van der Waals surface area contributed by atoms with Crippen LogP contribution in [0.15, 0.2) is 54.6 Å². The van der Waals surface area contributed by atoms with Gasteiger partial charge in [0, 0.05) is 0 Å². The van der Waals surface area contributed by atoms with Gasteiger partial charge in [0.15, 0.2) is 0 Å². The van der Waals surface area contributed by atoms with E-state index in [1.807, 2.05) is 30.3 Å². The van der Waals surface area contributed by atoms with E-state index in [1.165, 1.54) is 12.1 Å². The first-order valence-electron chi connectivity index (χ1n) is 8.31. The fourth-order valence-corrected chi connectivity index (χ4v) is 3.14. The first-order valence-corrected chi connectivity index (χ1v) is 8.31. The van der Waals surface area contributed by atoms with Crippen molar-refractivity contribution in [1.29, 1.82) is 0 Å². The molecule has 0 fully saturated rings. The van der Waals surface area contributed by atoms with Gasteiger partial charge in [-0.05, 0) is 38.1 Å². The SMILES string of the molecule is Cc1nn(-c2ccccc2)c(C)c1C(=O)ON1C(=O)c2ccccc2C1=O. The Kier molecular flexibility index (Phi) is 3.84. The molecule has 2 aromatic carbocycles. The number of hydrogen-bond donors (Lipinski definition) is 0. The number of hydrogen-bond acceptors (Lipinski definition) is 5. The zero-order valence-corrected chi connectivity index (χ0v) is 14.7. The number of aromatic nitrogens is 2. The van der Waals surface area contributed by atoms with Gasteiger partial charge in [0.05, 0.1) is 28.2 Å². The maximum Gasteiger partial charge on any atom is 0.367 e. The van der Waals surface area contributed by atoms with Gasteiger partial charge in [0.1, 0.15) is 5.56 Å². The smallest absolute Gasteiger partial charge is 0.324 e. The summed E-state index contributed by atoms with van der Waals surface area (Å²) in [6.07, 6.45) is 0.